The normalized spacial score (nSPS) is 12.3. The molecule has 1 N–H and O–H groups in total. The first-order valence-electron chi connectivity index (χ1n) is 7.52. The van der Waals surface area contributed by atoms with Crippen LogP contribution in [0.5, 0.6) is 0 Å². The van der Waals surface area contributed by atoms with Crippen LogP contribution in [0.1, 0.15) is 6.42 Å². The Morgan fingerprint density at radius 3 is 2.35 bits per heavy atom. The summed E-state index contributed by atoms with van der Waals surface area (Å²) >= 11 is 0. The number of aliphatic hydroxyl groups is 1. The van der Waals surface area contributed by atoms with Crippen LogP contribution in [-0.4, -0.2) is 30.8 Å². The summed E-state index contributed by atoms with van der Waals surface area (Å²) in [5, 5.41) is 9.45. The first kappa shape index (κ1) is 13.7. The van der Waals surface area contributed by atoms with E-state index in [9.17, 15) is 5.11 Å². The molecular formula is C18H16N4O. The standard InChI is InChI=1S/C18H16N4O/c23-10-9-14(22-13-20-16-6-2-4-8-18(16)22)11-21-12-19-15-5-1-3-7-17(15)21/h1-8,11-13,23H,9-10H2. The number of hydrogen-bond donors (Lipinski definition) is 1. The topological polar surface area (TPSA) is 55.9 Å². The summed E-state index contributed by atoms with van der Waals surface area (Å²) in [5.41, 5.74) is 4.91. The number of aromatic nitrogens is 4. The number of imidazole rings is 2. The van der Waals surface area contributed by atoms with E-state index in [4.69, 9.17) is 0 Å². The highest BCUT2D eigenvalue weighted by atomic mass is 16.3. The highest BCUT2D eigenvalue weighted by Gasteiger charge is 2.08. The summed E-state index contributed by atoms with van der Waals surface area (Å²) in [5.74, 6) is 0. The molecule has 0 spiro atoms. The average molecular weight is 304 g/mol. The summed E-state index contributed by atoms with van der Waals surface area (Å²) in [4.78, 5) is 8.84. The zero-order valence-corrected chi connectivity index (χ0v) is 12.5. The lowest BCUT2D eigenvalue weighted by atomic mass is 10.2. The fraction of sp³-hybridized carbons (Fsp3) is 0.111. The molecule has 4 aromatic rings. The molecule has 0 amide bonds. The minimum Gasteiger partial charge on any atom is -0.396 e. The summed E-state index contributed by atoms with van der Waals surface area (Å²) in [6, 6.07) is 15.9. The maximum absolute atomic E-state index is 9.45. The third-order valence-electron chi connectivity index (χ3n) is 3.90. The maximum atomic E-state index is 9.45. The molecule has 5 heteroatoms. The van der Waals surface area contributed by atoms with Crippen LogP contribution in [0.15, 0.2) is 61.2 Å². The van der Waals surface area contributed by atoms with Gasteiger partial charge in [-0.3, -0.25) is 0 Å². The number of aliphatic hydroxyl groups excluding tert-OH is 1. The second-order valence-corrected chi connectivity index (χ2v) is 5.34. The first-order chi connectivity index (χ1) is 11.4. The van der Waals surface area contributed by atoms with Crippen molar-refractivity contribution in [3.05, 3.63) is 61.2 Å². The molecular weight excluding hydrogens is 288 g/mol. The molecule has 2 heterocycles. The third-order valence-corrected chi connectivity index (χ3v) is 3.90. The second kappa shape index (κ2) is 5.70. The first-order valence-corrected chi connectivity index (χ1v) is 7.52. The molecule has 2 aromatic heterocycles. The van der Waals surface area contributed by atoms with Crippen molar-refractivity contribution in [3.8, 4) is 0 Å². The van der Waals surface area contributed by atoms with Gasteiger partial charge in [-0.15, -0.1) is 0 Å². The minimum atomic E-state index is 0.0744. The Labute approximate surface area is 133 Å². The number of hydrogen-bond acceptors (Lipinski definition) is 3. The predicted molar refractivity (Wildman–Crippen MR) is 91.6 cm³/mol. The number of benzene rings is 2. The SMILES string of the molecule is OCCC(=Cn1cnc2ccccc21)n1cnc2ccccc21. The lowest BCUT2D eigenvalue weighted by Crippen LogP contribution is -2.00. The van der Waals surface area contributed by atoms with Crippen molar-refractivity contribution in [2.45, 2.75) is 6.42 Å². The van der Waals surface area contributed by atoms with E-state index in [1.807, 2.05) is 63.9 Å². The fourth-order valence-corrected chi connectivity index (χ4v) is 2.79. The van der Waals surface area contributed by atoms with Crippen molar-refractivity contribution < 1.29 is 5.11 Å². The Morgan fingerprint density at radius 2 is 1.57 bits per heavy atom. The molecule has 0 saturated heterocycles. The van der Waals surface area contributed by atoms with Crippen LogP contribution in [0.25, 0.3) is 34.0 Å². The number of fused-ring (bicyclic) bond motifs is 2. The molecule has 0 unspecified atom stereocenters. The van der Waals surface area contributed by atoms with Crippen LogP contribution < -0.4 is 0 Å². The van der Waals surface area contributed by atoms with Gasteiger partial charge in [-0.25, -0.2) is 9.97 Å². The van der Waals surface area contributed by atoms with Gasteiger partial charge in [0.25, 0.3) is 0 Å². The molecule has 0 radical (unpaired) electrons. The van der Waals surface area contributed by atoms with Crippen molar-refractivity contribution in [1.82, 2.24) is 19.1 Å². The summed E-state index contributed by atoms with van der Waals surface area (Å²) < 4.78 is 4.00. The van der Waals surface area contributed by atoms with Crippen molar-refractivity contribution in [2.24, 2.45) is 0 Å². The van der Waals surface area contributed by atoms with Gasteiger partial charge < -0.3 is 14.2 Å². The fourth-order valence-electron chi connectivity index (χ4n) is 2.79. The van der Waals surface area contributed by atoms with Crippen molar-refractivity contribution in [1.29, 1.82) is 0 Å². The van der Waals surface area contributed by atoms with Gasteiger partial charge in [0.05, 0.1) is 28.4 Å². The minimum absolute atomic E-state index is 0.0744. The van der Waals surface area contributed by atoms with Gasteiger partial charge in [-0.1, -0.05) is 24.3 Å². The van der Waals surface area contributed by atoms with E-state index in [0.29, 0.717) is 6.42 Å². The summed E-state index contributed by atoms with van der Waals surface area (Å²) in [6.07, 6.45) is 6.12. The molecule has 0 fully saturated rings. The van der Waals surface area contributed by atoms with Gasteiger partial charge in [-0.05, 0) is 24.3 Å². The Balaban J connectivity index is 1.87. The van der Waals surface area contributed by atoms with Crippen LogP contribution in [0.2, 0.25) is 0 Å². The summed E-state index contributed by atoms with van der Waals surface area (Å²) in [6.45, 7) is 0.0744. The van der Waals surface area contributed by atoms with Crippen molar-refractivity contribution in [2.75, 3.05) is 6.61 Å². The summed E-state index contributed by atoms with van der Waals surface area (Å²) in [7, 11) is 0. The van der Waals surface area contributed by atoms with E-state index in [1.54, 1.807) is 12.7 Å². The Hall–Kier alpha value is -2.92. The molecule has 5 nitrogen and oxygen atoms in total. The van der Waals surface area contributed by atoms with Crippen LogP contribution >= 0.6 is 0 Å². The van der Waals surface area contributed by atoms with Gasteiger partial charge >= 0.3 is 0 Å². The van der Waals surface area contributed by atoms with Gasteiger partial charge in [0.2, 0.25) is 0 Å². The lowest BCUT2D eigenvalue weighted by Gasteiger charge is -2.09. The predicted octanol–water partition coefficient (Wildman–Crippen LogP) is 3.22. The molecule has 0 atom stereocenters. The van der Waals surface area contributed by atoms with Gasteiger partial charge in [-0.2, -0.15) is 0 Å². The Bertz CT molecular complexity index is 996. The highest BCUT2D eigenvalue weighted by Crippen LogP contribution is 2.21. The zero-order valence-electron chi connectivity index (χ0n) is 12.5. The van der Waals surface area contributed by atoms with Gasteiger partial charge in [0.1, 0.15) is 6.33 Å². The Kier molecular flexibility index (Phi) is 3.40. The third kappa shape index (κ3) is 2.41. The number of rotatable bonds is 4. The number of nitrogens with zero attached hydrogens (tertiary/aromatic N) is 4. The van der Waals surface area contributed by atoms with Gasteiger partial charge in [0, 0.05) is 24.9 Å². The largest absolute Gasteiger partial charge is 0.396 e. The molecule has 4 rings (SSSR count). The van der Waals surface area contributed by atoms with Crippen LogP contribution in [0.4, 0.5) is 0 Å². The molecule has 0 aliphatic heterocycles. The quantitative estimate of drug-likeness (QED) is 0.630. The second-order valence-electron chi connectivity index (χ2n) is 5.34. The number of para-hydroxylation sites is 4. The monoisotopic (exact) mass is 304 g/mol. The maximum Gasteiger partial charge on any atom is 0.100 e. The molecule has 0 aliphatic rings. The highest BCUT2D eigenvalue weighted by molar-refractivity contribution is 5.83. The van der Waals surface area contributed by atoms with E-state index in [-0.39, 0.29) is 6.61 Å². The van der Waals surface area contributed by atoms with E-state index in [2.05, 4.69) is 9.97 Å². The van der Waals surface area contributed by atoms with Crippen molar-refractivity contribution in [3.63, 3.8) is 0 Å². The zero-order chi connectivity index (χ0) is 15.6. The Morgan fingerprint density at radius 1 is 0.913 bits per heavy atom. The van der Waals surface area contributed by atoms with E-state index < -0.39 is 0 Å². The molecule has 2 aromatic carbocycles. The van der Waals surface area contributed by atoms with Crippen molar-refractivity contribution >= 4 is 34.0 Å². The van der Waals surface area contributed by atoms with E-state index >= 15 is 0 Å². The molecule has 0 bridgehead atoms. The van der Waals surface area contributed by atoms with E-state index in [0.717, 1.165) is 27.8 Å². The molecule has 23 heavy (non-hydrogen) atoms. The van der Waals surface area contributed by atoms with Gasteiger partial charge in [0.15, 0.2) is 0 Å². The van der Waals surface area contributed by atoms with Crippen LogP contribution in [-0.2, 0) is 0 Å². The average Bonchev–Trinajstić information content (AvgIpc) is 3.19. The lowest BCUT2D eigenvalue weighted by molar-refractivity contribution is 0.303. The molecule has 114 valence electrons. The molecule has 0 aliphatic carbocycles. The smallest absolute Gasteiger partial charge is 0.100 e. The van der Waals surface area contributed by atoms with Crippen LogP contribution in [0.3, 0.4) is 0 Å². The van der Waals surface area contributed by atoms with E-state index in [1.165, 1.54) is 0 Å². The van der Waals surface area contributed by atoms with Crippen LogP contribution in [0, 0.1) is 0 Å². The molecule has 0 saturated carbocycles.